The molecular formula is C54H70N6O5S. The molecule has 2 N–H and O–H groups in total. The number of rotatable bonds is 12. The van der Waals surface area contributed by atoms with E-state index >= 15 is 0 Å². The van der Waals surface area contributed by atoms with E-state index < -0.39 is 9.84 Å². The molecule has 0 aromatic heterocycles. The highest BCUT2D eigenvalue weighted by Gasteiger charge is 2.49. The molecule has 0 saturated carbocycles. The number of nitrogens with zero attached hydrogens (tertiary/aromatic N) is 4. The summed E-state index contributed by atoms with van der Waals surface area (Å²) in [6.45, 7) is 13.5. The zero-order valence-corrected chi connectivity index (χ0v) is 39.9. The summed E-state index contributed by atoms with van der Waals surface area (Å²) in [6, 6.07) is 36.8. The number of piperidine rings is 2. The number of ether oxygens (including phenoxy) is 1. The second kappa shape index (κ2) is 20.3. The van der Waals surface area contributed by atoms with Crippen molar-refractivity contribution < 1.29 is 22.7 Å². The molecule has 0 aliphatic carbocycles. The lowest BCUT2D eigenvalue weighted by Crippen LogP contribution is -2.46. The molecule has 352 valence electrons. The minimum Gasteiger partial charge on any atom is -0.497 e. The third-order valence-electron chi connectivity index (χ3n) is 16.2. The Balaban J connectivity index is 0.000000166. The van der Waals surface area contributed by atoms with Crippen LogP contribution in [-0.4, -0.2) is 132 Å². The molecule has 66 heavy (non-hydrogen) atoms. The smallest absolute Gasteiger partial charge is 0.229 e. The Kier molecular flexibility index (Phi) is 14.3. The summed E-state index contributed by atoms with van der Waals surface area (Å²) in [6.07, 6.45) is 7.03. The summed E-state index contributed by atoms with van der Waals surface area (Å²) in [5.41, 5.74) is 4.70. The molecule has 6 heterocycles. The van der Waals surface area contributed by atoms with Gasteiger partial charge in [0.05, 0.1) is 22.8 Å². The summed E-state index contributed by atoms with van der Waals surface area (Å²) in [7, 11) is -1.52. The molecule has 2 amide bonds. The van der Waals surface area contributed by atoms with Gasteiger partial charge in [-0.2, -0.15) is 0 Å². The van der Waals surface area contributed by atoms with Gasteiger partial charge in [0.25, 0.3) is 0 Å². The van der Waals surface area contributed by atoms with Crippen molar-refractivity contribution >= 4 is 21.7 Å². The molecule has 2 spiro atoms. The van der Waals surface area contributed by atoms with Crippen LogP contribution in [0.4, 0.5) is 0 Å². The van der Waals surface area contributed by atoms with E-state index in [1.54, 1.807) is 19.2 Å². The van der Waals surface area contributed by atoms with E-state index in [4.69, 9.17) is 4.74 Å². The van der Waals surface area contributed by atoms with Crippen LogP contribution >= 0.6 is 0 Å². The molecule has 0 radical (unpaired) electrons. The molecule has 12 heteroatoms. The lowest BCUT2D eigenvalue weighted by Gasteiger charge is -2.39. The second-order valence-corrected chi connectivity index (χ2v) is 22.3. The van der Waals surface area contributed by atoms with E-state index in [1.165, 1.54) is 22.9 Å². The van der Waals surface area contributed by atoms with Crippen LogP contribution < -0.4 is 15.4 Å². The first kappa shape index (κ1) is 46.5. The topological polar surface area (TPSA) is 115 Å². The SMILES string of the molecule is COc1ccc(CN2CCC3(CCN(CC4CNCC4c4ccccc4)CC3)C2=O)cc1.CS(=O)(=O)c1ccc(CN2CCC3(CCN(CC4CNCC4c4ccccc4)CC3)C2=O)cc1. The predicted octanol–water partition coefficient (Wildman–Crippen LogP) is 6.42. The van der Waals surface area contributed by atoms with Gasteiger partial charge in [-0.1, -0.05) is 84.9 Å². The number of sulfone groups is 1. The molecule has 6 aliphatic heterocycles. The summed E-state index contributed by atoms with van der Waals surface area (Å²) < 4.78 is 28.6. The number of amides is 2. The summed E-state index contributed by atoms with van der Waals surface area (Å²) in [4.78, 5) is 36.3. The average Bonchev–Trinajstić information content (AvgIpc) is 4.14. The average molecular weight is 915 g/mol. The van der Waals surface area contributed by atoms with Crippen molar-refractivity contribution in [1.29, 1.82) is 0 Å². The van der Waals surface area contributed by atoms with Gasteiger partial charge >= 0.3 is 0 Å². The van der Waals surface area contributed by atoms with E-state index in [9.17, 15) is 18.0 Å². The number of carbonyl (C=O) groups excluding carboxylic acids is 2. The van der Waals surface area contributed by atoms with Gasteiger partial charge in [0.1, 0.15) is 5.75 Å². The van der Waals surface area contributed by atoms with E-state index in [0.717, 1.165) is 128 Å². The summed E-state index contributed by atoms with van der Waals surface area (Å²) in [5, 5.41) is 7.19. The van der Waals surface area contributed by atoms with Crippen molar-refractivity contribution in [3.05, 3.63) is 131 Å². The maximum Gasteiger partial charge on any atom is 0.229 e. The Morgan fingerprint density at radius 3 is 1.33 bits per heavy atom. The molecule has 4 atom stereocenters. The van der Waals surface area contributed by atoms with Crippen LogP contribution in [0.2, 0.25) is 0 Å². The third kappa shape index (κ3) is 10.4. The van der Waals surface area contributed by atoms with Crippen molar-refractivity contribution in [2.45, 2.75) is 68.3 Å². The molecule has 4 unspecified atom stereocenters. The first-order valence-corrected chi connectivity index (χ1v) is 26.4. The molecule has 10 rings (SSSR count). The first-order chi connectivity index (χ1) is 32.0. The lowest BCUT2D eigenvalue weighted by atomic mass is 9.76. The zero-order chi connectivity index (χ0) is 45.7. The molecular weight excluding hydrogens is 845 g/mol. The van der Waals surface area contributed by atoms with Gasteiger partial charge in [-0.25, -0.2) is 8.42 Å². The summed E-state index contributed by atoms with van der Waals surface area (Å²) >= 11 is 0. The number of methoxy groups -OCH3 is 1. The molecule has 6 fully saturated rings. The highest BCUT2D eigenvalue weighted by atomic mass is 32.2. The zero-order valence-electron chi connectivity index (χ0n) is 39.1. The predicted molar refractivity (Wildman–Crippen MR) is 260 cm³/mol. The fraction of sp³-hybridized carbons (Fsp3) is 0.519. The van der Waals surface area contributed by atoms with E-state index in [0.29, 0.717) is 47.6 Å². The Morgan fingerprint density at radius 1 is 0.545 bits per heavy atom. The fourth-order valence-corrected chi connectivity index (χ4v) is 12.7. The van der Waals surface area contributed by atoms with Gasteiger partial charge in [-0.05, 0) is 136 Å². The van der Waals surface area contributed by atoms with E-state index in [-0.39, 0.29) is 16.7 Å². The fourth-order valence-electron chi connectivity index (χ4n) is 12.0. The Bertz CT molecular complexity index is 2350. The van der Waals surface area contributed by atoms with Crippen LogP contribution in [0.1, 0.15) is 72.6 Å². The van der Waals surface area contributed by atoms with Crippen LogP contribution in [0.15, 0.2) is 114 Å². The van der Waals surface area contributed by atoms with Crippen LogP contribution in [0.25, 0.3) is 0 Å². The quantitative estimate of drug-likeness (QED) is 0.166. The maximum absolute atomic E-state index is 13.4. The van der Waals surface area contributed by atoms with Gasteiger partial charge in [-0.15, -0.1) is 0 Å². The normalized spacial score (nSPS) is 25.4. The highest BCUT2D eigenvalue weighted by molar-refractivity contribution is 7.90. The number of nitrogens with one attached hydrogen (secondary N) is 2. The molecule has 11 nitrogen and oxygen atoms in total. The van der Waals surface area contributed by atoms with Crippen LogP contribution in [-0.2, 0) is 32.5 Å². The van der Waals surface area contributed by atoms with Crippen molar-refractivity contribution in [2.24, 2.45) is 22.7 Å². The van der Waals surface area contributed by atoms with E-state index in [2.05, 4.69) is 98.1 Å². The number of hydrogen-bond donors (Lipinski definition) is 2. The molecule has 6 aliphatic rings. The first-order valence-electron chi connectivity index (χ1n) is 24.5. The largest absolute Gasteiger partial charge is 0.497 e. The van der Waals surface area contributed by atoms with Crippen LogP contribution in [0, 0.1) is 22.7 Å². The number of hydrogen-bond acceptors (Lipinski definition) is 9. The van der Waals surface area contributed by atoms with Crippen molar-refractivity contribution in [3.8, 4) is 5.75 Å². The molecule has 6 saturated heterocycles. The Morgan fingerprint density at radius 2 is 0.939 bits per heavy atom. The Hall–Kier alpha value is -4.59. The van der Waals surface area contributed by atoms with Crippen molar-refractivity contribution in [2.75, 3.05) is 91.9 Å². The van der Waals surface area contributed by atoms with Gasteiger partial charge in [0, 0.05) is 70.4 Å². The standard InChI is InChI=1S/C27H35N3O3S.C27H35N3O2/c1-34(32,33)24-9-7-21(8-10-24)19-30-16-13-27(26(30)31)11-14-29(15-12-27)20-23-17-28-18-25(23)22-5-3-2-4-6-22;1-32-24-9-7-21(8-10-24)19-30-16-13-27(26(30)31)11-14-29(15-12-27)20-23-17-28-18-25(23)22-5-3-2-4-6-22/h2-10,23,25,28H,11-20H2,1H3;2-10,23,25,28H,11-20H2,1H3. The van der Waals surface area contributed by atoms with Crippen molar-refractivity contribution in [3.63, 3.8) is 0 Å². The monoisotopic (exact) mass is 915 g/mol. The molecule has 4 aromatic rings. The van der Waals surface area contributed by atoms with E-state index in [1.807, 2.05) is 29.2 Å². The minimum atomic E-state index is -3.20. The van der Waals surface area contributed by atoms with Gasteiger partial charge in [-0.3, -0.25) is 9.59 Å². The maximum atomic E-state index is 13.4. The van der Waals surface area contributed by atoms with Gasteiger partial charge < -0.3 is 35.0 Å². The number of benzene rings is 4. The van der Waals surface area contributed by atoms with Gasteiger partial charge in [0.2, 0.25) is 11.8 Å². The van der Waals surface area contributed by atoms with Gasteiger partial charge in [0.15, 0.2) is 9.84 Å². The third-order valence-corrected chi connectivity index (χ3v) is 17.3. The highest BCUT2D eigenvalue weighted by Crippen LogP contribution is 2.44. The second-order valence-electron chi connectivity index (χ2n) is 20.3. The Labute approximate surface area is 393 Å². The number of carbonyl (C=O) groups is 2. The molecule has 0 bridgehead atoms. The van der Waals surface area contributed by atoms with Crippen LogP contribution in [0.5, 0.6) is 5.75 Å². The lowest BCUT2D eigenvalue weighted by molar-refractivity contribution is -0.139. The number of likely N-dealkylation sites (tertiary alicyclic amines) is 4. The summed E-state index contributed by atoms with van der Waals surface area (Å²) in [5.74, 6) is 3.94. The molecule has 4 aromatic carbocycles. The van der Waals surface area contributed by atoms with Crippen molar-refractivity contribution in [1.82, 2.24) is 30.2 Å². The van der Waals surface area contributed by atoms with Crippen LogP contribution in [0.3, 0.4) is 0 Å². The minimum absolute atomic E-state index is 0.129.